The van der Waals surface area contributed by atoms with Gasteiger partial charge in [-0.25, -0.2) is 0 Å². The molecule has 19 heavy (non-hydrogen) atoms. The van der Waals surface area contributed by atoms with Gasteiger partial charge in [-0.2, -0.15) is 0 Å². The normalized spacial score (nSPS) is 27.4. The molecule has 2 fully saturated rings. The molecule has 0 radical (unpaired) electrons. The Bertz CT molecular complexity index is 411. The third kappa shape index (κ3) is 3.07. The highest BCUT2D eigenvalue weighted by atomic mass is 32.1. The van der Waals surface area contributed by atoms with Crippen LogP contribution in [0.25, 0.3) is 0 Å². The van der Waals surface area contributed by atoms with Crippen molar-refractivity contribution in [2.75, 3.05) is 25.0 Å². The van der Waals surface area contributed by atoms with Crippen LogP contribution in [0.5, 0.6) is 0 Å². The van der Waals surface area contributed by atoms with E-state index < -0.39 is 0 Å². The van der Waals surface area contributed by atoms with Crippen molar-refractivity contribution in [2.45, 2.75) is 51.3 Å². The Labute approximate surface area is 118 Å². The van der Waals surface area contributed by atoms with E-state index in [4.69, 9.17) is 4.74 Å². The van der Waals surface area contributed by atoms with Gasteiger partial charge in [0.1, 0.15) is 5.01 Å². The Morgan fingerprint density at radius 2 is 2.37 bits per heavy atom. The molecule has 2 aliphatic rings. The summed E-state index contributed by atoms with van der Waals surface area (Å²) < 4.78 is 5.84. The van der Waals surface area contributed by atoms with Crippen LogP contribution in [0.4, 0.5) is 5.13 Å². The van der Waals surface area contributed by atoms with Crippen molar-refractivity contribution < 1.29 is 4.74 Å². The molecule has 1 aromatic heterocycles. The van der Waals surface area contributed by atoms with Crippen LogP contribution < -0.4 is 5.32 Å². The minimum Gasteiger partial charge on any atom is -0.375 e. The fraction of sp³-hybridized carbons (Fsp3) is 0.846. The Morgan fingerprint density at radius 1 is 1.42 bits per heavy atom. The second-order valence-electron chi connectivity index (χ2n) is 5.31. The van der Waals surface area contributed by atoms with Gasteiger partial charge in [0.15, 0.2) is 0 Å². The summed E-state index contributed by atoms with van der Waals surface area (Å²) in [4.78, 5) is 2.53. The summed E-state index contributed by atoms with van der Waals surface area (Å²) in [5, 5.41) is 13.9. The lowest BCUT2D eigenvalue weighted by molar-refractivity contribution is -0.0588. The quantitative estimate of drug-likeness (QED) is 0.896. The molecule has 1 aliphatic carbocycles. The van der Waals surface area contributed by atoms with Crippen LogP contribution in [0.1, 0.15) is 37.6 Å². The number of aromatic nitrogens is 2. The van der Waals surface area contributed by atoms with Crippen LogP contribution >= 0.6 is 11.3 Å². The van der Waals surface area contributed by atoms with Gasteiger partial charge in [0, 0.05) is 19.1 Å². The lowest BCUT2D eigenvalue weighted by Crippen LogP contribution is -2.47. The van der Waals surface area contributed by atoms with Crippen LogP contribution in [-0.4, -0.2) is 46.9 Å². The number of nitrogens with one attached hydrogen (secondary N) is 1. The molecule has 106 valence electrons. The zero-order valence-corrected chi connectivity index (χ0v) is 12.3. The number of morpholine rings is 1. The van der Waals surface area contributed by atoms with Crippen molar-refractivity contribution in [3.05, 3.63) is 5.01 Å². The van der Waals surface area contributed by atoms with Crippen molar-refractivity contribution in [3.8, 4) is 0 Å². The smallest absolute Gasteiger partial charge is 0.205 e. The van der Waals surface area contributed by atoms with Gasteiger partial charge in [-0.15, -0.1) is 10.2 Å². The van der Waals surface area contributed by atoms with E-state index in [0.29, 0.717) is 12.1 Å². The molecule has 2 unspecified atom stereocenters. The molecule has 1 aromatic rings. The molecular formula is C13H22N4OS. The van der Waals surface area contributed by atoms with Gasteiger partial charge in [0.25, 0.3) is 0 Å². The Kier molecular flexibility index (Phi) is 4.30. The molecule has 2 heterocycles. The Hall–Kier alpha value is -0.720. The molecule has 0 amide bonds. The van der Waals surface area contributed by atoms with Crippen LogP contribution in [0.3, 0.4) is 0 Å². The van der Waals surface area contributed by atoms with Crippen molar-refractivity contribution in [3.63, 3.8) is 0 Å². The molecule has 0 spiro atoms. The zero-order valence-electron chi connectivity index (χ0n) is 11.5. The maximum Gasteiger partial charge on any atom is 0.205 e. The van der Waals surface area contributed by atoms with Gasteiger partial charge in [0.05, 0.1) is 19.3 Å². The van der Waals surface area contributed by atoms with Crippen molar-refractivity contribution in [2.24, 2.45) is 0 Å². The highest BCUT2D eigenvalue weighted by Crippen LogP contribution is 2.31. The number of fused-ring (bicyclic) bond motifs is 1. The highest BCUT2D eigenvalue weighted by Gasteiger charge is 2.36. The minimum atomic E-state index is 0.458. The van der Waals surface area contributed by atoms with E-state index in [1.54, 1.807) is 11.3 Å². The van der Waals surface area contributed by atoms with Crippen molar-refractivity contribution in [1.82, 2.24) is 15.1 Å². The molecule has 5 nitrogen and oxygen atoms in total. The lowest BCUT2D eigenvalue weighted by Gasteiger charge is -2.36. The van der Waals surface area contributed by atoms with Gasteiger partial charge in [-0.3, -0.25) is 4.90 Å². The first kappa shape index (κ1) is 13.3. The highest BCUT2D eigenvalue weighted by molar-refractivity contribution is 7.15. The third-order valence-electron chi connectivity index (χ3n) is 3.93. The predicted molar refractivity (Wildman–Crippen MR) is 76.5 cm³/mol. The molecule has 1 saturated heterocycles. The molecule has 1 N–H and O–H groups in total. The van der Waals surface area contributed by atoms with Gasteiger partial charge < -0.3 is 10.1 Å². The first-order valence-corrected chi connectivity index (χ1v) is 8.10. The first-order chi connectivity index (χ1) is 9.36. The fourth-order valence-corrected chi connectivity index (χ4v) is 3.79. The minimum absolute atomic E-state index is 0.458. The van der Waals surface area contributed by atoms with Gasteiger partial charge in [0.2, 0.25) is 5.13 Å². The zero-order chi connectivity index (χ0) is 13.1. The average molecular weight is 282 g/mol. The molecule has 3 rings (SSSR count). The molecule has 2 atom stereocenters. The maximum atomic E-state index is 5.84. The number of nitrogens with zero attached hydrogens (tertiary/aromatic N) is 3. The largest absolute Gasteiger partial charge is 0.375 e. The van der Waals surface area contributed by atoms with E-state index in [1.807, 2.05) is 0 Å². The number of ether oxygens (including phenoxy) is 1. The predicted octanol–water partition coefficient (Wildman–Crippen LogP) is 2.11. The van der Waals surface area contributed by atoms with E-state index in [-0.39, 0.29) is 0 Å². The summed E-state index contributed by atoms with van der Waals surface area (Å²) in [5.41, 5.74) is 0. The van der Waals surface area contributed by atoms with Gasteiger partial charge in [-0.05, 0) is 25.7 Å². The number of hydrogen-bond donors (Lipinski definition) is 1. The van der Waals surface area contributed by atoms with Crippen molar-refractivity contribution in [1.29, 1.82) is 0 Å². The van der Waals surface area contributed by atoms with E-state index in [2.05, 4.69) is 27.3 Å². The van der Waals surface area contributed by atoms with Crippen LogP contribution in [0, 0.1) is 0 Å². The standard InChI is InChI=1S/C13H22N4OS/c1-2-6-14-13-16-15-12(19-13)9-17-7-8-18-11-5-3-4-10(11)17/h10-11H,2-9H2,1H3,(H,14,16). The number of anilines is 1. The number of rotatable bonds is 5. The summed E-state index contributed by atoms with van der Waals surface area (Å²) in [7, 11) is 0. The van der Waals surface area contributed by atoms with Crippen LogP contribution in [0.15, 0.2) is 0 Å². The van der Waals surface area contributed by atoms with Gasteiger partial charge in [-0.1, -0.05) is 18.3 Å². The summed E-state index contributed by atoms with van der Waals surface area (Å²) in [5.74, 6) is 0. The maximum absolute atomic E-state index is 5.84. The van der Waals surface area contributed by atoms with E-state index in [1.165, 1.54) is 19.3 Å². The second kappa shape index (κ2) is 6.15. The molecule has 1 aliphatic heterocycles. The summed E-state index contributed by atoms with van der Waals surface area (Å²) in [6.45, 7) is 5.94. The monoisotopic (exact) mass is 282 g/mol. The van der Waals surface area contributed by atoms with Crippen LogP contribution in [-0.2, 0) is 11.3 Å². The van der Waals surface area contributed by atoms with Crippen LogP contribution in [0.2, 0.25) is 0 Å². The number of hydrogen-bond acceptors (Lipinski definition) is 6. The van der Waals surface area contributed by atoms with E-state index in [9.17, 15) is 0 Å². The molecule has 6 heteroatoms. The van der Waals surface area contributed by atoms with E-state index in [0.717, 1.165) is 42.8 Å². The van der Waals surface area contributed by atoms with Gasteiger partial charge >= 0.3 is 0 Å². The Balaban J connectivity index is 1.59. The summed E-state index contributed by atoms with van der Waals surface area (Å²) >= 11 is 1.68. The molecule has 0 aromatic carbocycles. The third-order valence-corrected chi connectivity index (χ3v) is 4.79. The van der Waals surface area contributed by atoms with Crippen molar-refractivity contribution >= 4 is 16.5 Å². The van der Waals surface area contributed by atoms with E-state index >= 15 is 0 Å². The second-order valence-corrected chi connectivity index (χ2v) is 6.37. The first-order valence-electron chi connectivity index (χ1n) is 7.28. The molecule has 0 bridgehead atoms. The fourth-order valence-electron chi connectivity index (χ4n) is 3.00. The molecule has 1 saturated carbocycles. The summed E-state index contributed by atoms with van der Waals surface area (Å²) in [6, 6.07) is 0.602. The Morgan fingerprint density at radius 3 is 3.26 bits per heavy atom. The average Bonchev–Trinajstić information content (AvgIpc) is 3.05. The topological polar surface area (TPSA) is 50.3 Å². The SMILES string of the molecule is CCCNc1nnc(CN2CCOC3CCCC32)s1. The lowest BCUT2D eigenvalue weighted by atomic mass is 10.1. The summed E-state index contributed by atoms with van der Waals surface area (Å²) in [6.07, 6.45) is 5.36. The molecular weight excluding hydrogens is 260 g/mol.